The topological polar surface area (TPSA) is 46.6 Å². The van der Waals surface area contributed by atoms with Crippen molar-refractivity contribution in [3.63, 3.8) is 0 Å². The Bertz CT molecular complexity index is 1050. The molecule has 2 aromatic carbocycles. The van der Waals surface area contributed by atoms with Gasteiger partial charge in [-0.1, -0.05) is 36.4 Å². The highest BCUT2D eigenvalue weighted by molar-refractivity contribution is 7.91. The number of ether oxygens (including phenoxy) is 1. The van der Waals surface area contributed by atoms with Crippen molar-refractivity contribution in [2.75, 3.05) is 32.5 Å². The molecule has 1 saturated heterocycles. The van der Waals surface area contributed by atoms with Crippen molar-refractivity contribution in [3.8, 4) is 0 Å². The lowest BCUT2D eigenvalue weighted by atomic mass is 9.96. The van der Waals surface area contributed by atoms with Crippen LogP contribution >= 0.6 is 11.3 Å². The van der Waals surface area contributed by atoms with Gasteiger partial charge in [0.1, 0.15) is 0 Å². The van der Waals surface area contributed by atoms with Crippen LogP contribution in [0.5, 0.6) is 0 Å². The van der Waals surface area contributed by atoms with Crippen molar-refractivity contribution in [1.82, 2.24) is 4.90 Å². The molecule has 0 spiro atoms. The SMILES string of the molecule is COC1CCN(CCc2csc3ccccc23)CC1CS(=O)(=O)c1ccccc1. The highest BCUT2D eigenvalue weighted by atomic mass is 32.2. The first-order chi connectivity index (χ1) is 14.1. The number of benzene rings is 2. The maximum absolute atomic E-state index is 12.9. The van der Waals surface area contributed by atoms with Crippen LogP contribution in [-0.2, 0) is 21.0 Å². The molecule has 0 aliphatic carbocycles. The molecule has 29 heavy (non-hydrogen) atoms. The molecule has 0 amide bonds. The highest BCUT2D eigenvalue weighted by Gasteiger charge is 2.33. The Morgan fingerprint density at radius 1 is 1.10 bits per heavy atom. The molecule has 4 nitrogen and oxygen atoms in total. The monoisotopic (exact) mass is 429 g/mol. The number of nitrogens with zero attached hydrogens (tertiary/aromatic N) is 1. The number of hydrogen-bond donors (Lipinski definition) is 0. The maximum atomic E-state index is 12.9. The summed E-state index contributed by atoms with van der Waals surface area (Å²) in [4.78, 5) is 2.80. The average Bonchev–Trinajstić information content (AvgIpc) is 3.16. The normalized spacial score (nSPS) is 20.9. The standard InChI is InChI=1S/C23H27NO3S2/c1-27-22-12-14-24(13-11-18-16-28-23-10-6-5-9-21(18)23)15-19(22)17-29(25,26)20-7-3-2-4-8-20/h2-10,16,19,22H,11-15,17H2,1H3. The van der Waals surface area contributed by atoms with Gasteiger partial charge in [0.2, 0.25) is 0 Å². The molecule has 2 atom stereocenters. The minimum absolute atomic E-state index is 0.00767. The van der Waals surface area contributed by atoms with Crippen molar-refractivity contribution in [3.05, 3.63) is 65.5 Å². The van der Waals surface area contributed by atoms with Crippen molar-refractivity contribution in [1.29, 1.82) is 0 Å². The zero-order chi connectivity index (χ0) is 20.3. The zero-order valence-electron chi connectivity index (χ0n) is 16.7. The van der Waals surface area contributed by atoms with Gasteiger partial charge in [-0.3, -0.25) is 0 Å². The summed E-state index contributed by atoms with van der Waals surface area (Å²) >= 11 is 1.79. The van der Waals surface area contributed by atoms with Gasteiger partial charge >= 0.3 is 0 Å². The Morgan fingerprint density at radius 2 is 1.86 bits per heavy atom. The number of rotatable bonds is 7. The Labute approximate surface area is 177 Å². The Balaban J connectivity index is 1.43. The fraction of sp³-hybridized carbons (Fsp3) is 0.391. The van der Waals surface area contributed by atoms with E-state index in [1.54, 1.807) is 42.7 Å². The molecule has 6 heteroatoms. The minimum atomic E-state index is -3.32. The lowest BCUT2D eigenvalue weighted by molar-refractivity contribution is 0.00213. The average molecular weight is 430 g/mol. The molecule has 0 N–H and O–H groups in total. The summed E-state index contributed by atoms with van der Waals surface area (Å²) in [7, 11) is -1.62. The van der Waals surface area contributed by atoms with E-state index in [4.69, 9.17) is 4.74 Å². The lowest BCUT2D eigenvalue weighted by Crippen LogP contribution is -2.47. The Kier molecular flexibility index (Phi) is 6.35. The Hall–Kier alpha value is -1.73. The highest BCUT2D eigenvalue weighted by Crippen LogP contribution is 2.28. The van der Waals surface area contributed by atoms with E-state index in [-0.39, 0.29) is 17.8 Å². The largest absolute Gasteiger partial charge is 0.381 e. The van der Waals surface area contributed by atoms with Gasteiger partial charge in [-0.25, -0.2) is 8.42 Å². The zero-order valence-corrected chi connectivity index (χ0v) is 18.3. The quantitative estimate of drug-likeness (QED) is 0.563. The second-order valence-corrected chi connectivity index (χ2v) is 10.7. The molecule has 2 heterocycles. The molecule has 154 valence electrons. The van der Waals surface area contributed by atoms with Crippen LogP contribution in [0.2, 0.25) is 0 Å². The first-order valence-corrected chi connectivity index (χ1v) is 12.6. The molecule has 0 radical (unpaired) electrons. The van der Waals surface area contributed by atoms with Crippen LogP contribution in [0.4, 0.5) is 0 Å². The Morgan fingerprint density at radius 3 is 2.66 bits per heavy atom. The van der Waals surface area contributed by atoms with E-state index < -0.39 is 9.84 Å². The summed E-state index contributed by atoms with van der Waals surface area (Å²) in [5, 5.41) is 3.59. The van der Waals surface area contributed by atoms with E-state index in [2.05, 4.69) is 34.5 Å². The van der Waals surface area contributed by atoms with Crippen LogP contribution in [0, 0.1) is 5.92 Å². The third kappa shape index (κ3) is 4.72. The van der Waals surface area contributed by atoms with E-state index in [0.29, 0.717) is 4.90 Å². The summed E-state index contributed by atoms with van der Waals surface area (Å²) < 4.78 is 32.8. The van der Waals surface area contributed by atoms with Crippen molar-refractivity contribution < 1.29 is 13.2 Å². The van der Waals surface area contributed by atoms with Gasteiger partial charge in [-0.2, -0.15) is 0 Å². The van der Waals surface area contributed by atoms with Crippen molar-refractivity contribution >= 4 is 31.3 Å². The van der Waals surface area contributed by atoms with Crippen molar-refractivity contribution in [2.45, 2.75) is 23.8 Å². The van der Waals surface area contributed by atoms with Crippen LogP contribution in [0.3, 0.4) is 0 Å². The molecule has 3 aromatic rings. The third-order valence-electron chi connectivity index (χ3n) is 5.85. The van der Waals surface area contributed by atoms with Gasteiger partial charge in [0.15, 0.2) is 9.84 Å². The number of methoxy groups -OCH3 is 1. The predicted octanol–water partition coefficient (Wildman–Crippen LogP) is 4.25. The van der Waals surface area contributed by atoms with Gasteiger partial charge in [-0.05, 0) is 47.4 Å². The van der Waals surface area contributed by atoms with E-state index in [9.17, 15) is 8.42 Å². The fourth-order valence-corrected chi connectivity index (χ4v) is 6.92. The fourth-order valence-electron chi connectivity index (χ4n) is 4.27. The van der Waals surface area contributed by atoms with Crippen LogP contribution < -0.4 is 0 Å². The first kappa shape index (κ1) is 20.5. The van der Waals surface area contributed by atoms with E-state index >= 15 is 0 Å². The number of hydrogen-bond acceptors (Lipinski definition) is 5. The van der Waals surface area contributed by atoms with Gasteiger partial charge < -0.3 is 9.64 Å². The summed E-state index contributed by atoms with van der Waals surface area (Å²) in [5.74, 6) is 0.117. The smallest absolute Gasteiger partial charge is 0.178 e. The molecule has 4 rings (SSSR count). The van der Waals surface area contributed by atoms with Crippen LogP contribution in [-0.4, -0.2) is 51.9 Å². The number of fused-ring (bicyclic) bond motifs is 1. The third-order valence-corrected chi connectivity index (χ3v) is 8.72. The second kappa shape index (κ2) is 8.96. The van der Waals surface area contributed by atoms with Crippen molar-refractivity contribution in [2.24, 2.45) is 5.92 Å². The van der Waals surface area contributed by atoms with E-state index in [0.717, 1.165) is 32.5 Å². The molecule has 2 unspecified atom stereocenters. The molecule has 1 aliphatic heterocycles. The molecule has 1 aromatic heterocycles. The van der Waals surface area contributed by atoms with Gasteiger partial charge in [0.05, 0.1) is 16.8 Å². The lowest BCUT2D eigenvalue weighted by Gasteiger charge is -2.37. The number of piperidine rings is 1. The predicted molar refractivity (Wildman–Crippen MR) is 119 cm³/mol. The number of likely N-dealkylation sites (tertiary alicyclic amines) is 1. The van der Waals surface area contributed by atoms with Gasteiger partial charge in [0, 0.05) is 37.4 Å². The van der Waals surface area contributed by atoms with E-state index in [1.165, 1.54) is 15.6 Å². The number of sulfone groups is 1. The second-order valence-electron chi connectivity index (χ2n) is 7.73. The summed E-state index contributed by atoms with van der Waals surface area (Å²) in [6.07, 6.45) is 1.85. The summed E-state index contributed by atoms with van der Waals surface area (Å²) in [5.41, 5.74) is 1.38. The molecule has 1 aliphatic rings. The summed E-state index contributed by atoms with van der Waals surface area (Å²) in [6.45, 7) is 2.65. The molecular weight excluding hydrogens is 402 g/mol. The van der Waals surface area contributed by atoms with Crippen LogP contribution in [0.25, 0.3) is 10.1 Å². The summed E-state index contributed by atoms with van der Waals surface area (Å²) in [6, 6.07) is 17.3. The minimum Gasteiger partial charge on any atom is -0.381 e. The van der Waals surface area contributed by atoms with E-state index in [1.807, 2.05) is 6.07 Å². The molecule has 1 fully saturated rings. The van der Waals surface area contributed by atoms with Gasteiger partial charge in [0.25, 0.3) is 0 Å². The van der Waals surface area contributed by atoms with Crippen LogP contribution in [0.1, 0.15) is 12.0 Å². The molecular formula is C23H27NO3S2. The first-order valence-electron chi connectivity index (χ1n) is 10.0. The number of thiophene rings is 1. The van der Waals surface area contributed by atoms with Crippen LogP contribution in [0.15, 0.2) is 64.9 Å². The van der Waals surface area contributed by atoms with Gasteiger partial charge in [-0.15, -0.1) is 11.3 Å². The molecule has 0 saturated carbocycles. The molecule has 0 bridgehead atoms. The maximum Gasteiger partial charge on any atom is 0.178 e.